The van der Waals surface area contributed by atoms with E-state index in [0.717, 1.165) is 31.6 Å². The molecule has 5 heteroatoms. The highest BCUT2D eigenvalue weighted by atomic mass is 35.5. The van der Waals surface area contributed by atoms with Gasteiger partial charge in [0.25, 0.3) is 0 Å². The summed E-state index contributed by atoms with van der Waals surface area (Å²) in [6.07, 6.45) is 1.13. The van der Waals surface area contributed by atoms with E-state index in [-0.39, 0.29) is 5.57 Å². The molecule has 20 heavy (non-hydrogen) atoms. The number of rotatable bonds is 4. The van der Waals surface area contributed by atoms with Crippen LogP contribution in [0.5, 0.6) is 0 Å². The third kappa shape index (κ3) is 2.97. The van der Waals surface area contributed by atoms with Crippen LogP contribution in [0, 0.1) is 0 Å². The Balaban J connectivity index is 2.35. The van der Waals surface area contributed by atoms with E-state index < -0.39 is 12.1 Å². The van der Waals surface area contributed by atoms with Gasteiger partial charge < -0.3 is 14.7 Å². The lowest BCUT2D eigenvalue weighted by molar-refractivity contribution is -0.137. The van der Waals surface area contributed by atoms with Crippen LogP contribution >= 0.6 is 11.6 Å². The molecule has 1 aromatic rings. The molecule has 1 aliphatic heterocycles. The number of carbonyl (C=O) groups is 1. The summed E-state index contributed by atoms with van der Waals surface area (Å²) >= 11 is 6.05. The predicted molar refractivity (Wildman–Crippen MR) is 79.0 cm³/mol. The summed E-state index contributed by atoms with van der Waals surface area (Å²) in [6.45, 7) is 5.46. The Labute approximate surface area is 123 Å². The van der Waals surface area contributed by atoms with Gasteiger partial charge in [-0.2, -0.15) is 0 Å². The fourth-order valence-electron chi connectivity index (χ4n) is 2.41. The summed E-state index contributed by atoms with van der Waals surface area (Å²) < 4.78 is 4.61. The van der Waals surface area contributed by atoms with Gasteiger partial charge in [-0.15, -0.1) is 0 Å². The van der Waals surface area contributed by atoms with E-state index in [1.165, 1.54) is 7.11 Å². The quantitative estimate of drug-likeness (QED) is 0.685. The molecule has 0 amide bonds. The van der Waals surface area contributed by atoms with E-state index in [1.54, 1.807) is 12.1 Å². The molecular formula is C15H18ClNO3. The van der Waals surface area contributed by atoms with Crippen molar-refractivity contribution in [1.29, 1.82) is 0 Å². The zero-order valence-corrected chi connectivity index (χ0v) is 12.2. The topological polar surface area (TPSA) is 49.8 Å². The molecular weight excluding hydrogens is 278 g/mol. The second-order valence-corrected chi connectivity index (χ2v) is 5.25. The lowest BCUT2D eigenvalue weighted by atomic mass is 10.0. The molecule has 0 aliphatic carbocycles. The van der Waals surface area contributed by atoms with Crippen LogP contribution in [-0.2, 0) is 9.53 Å². The van der Waals surface area contributed by atoms with Crippen molar-refractivity contribution in [2.24, 2.45) is 0 Å². The summed E-state index contributed by atoms with van der Waals surface area (Å²) in [5.41, 5.74) is 1.51. The molecule has 1 aliphatic rings. The molecule has 1 atom stereocenters. The maximum atomic E-state index is 11.5. The molecule has 1 unspecified atom stereocenters. The Morgan fingerprint density at radius 2 is 2.10 bits per heavy atom. The zero-order chi connectivity index (χ0) is 14.7. The molecule has 1 heterocycles. The molecule has 2 rings (SSSR count). The van der Waals surface area contributed by atoms with E-state index >= 15 is 0 Å². The second kappa shape index (κ2) is 6.29. The van der Waals surface area contributed by atoms with Gasteiger partial charge >= 0.3 is 5.97 Å². The maximum Gasteiger partial charge on any atom is 0.336 e. The maximum absolute atomic E-state index is 11.5. The van der Waals surface area contributed by atoms with Gasteiger partial charge in [0.15, 0.2) is 0 Å². The van der Waals surface area contributed by atoms with E-state index in [0.29, 0.717) is 10.6 Å². The van der Waals surface area contributed by atoms with Gasteiger partial charge in [0.2, 0.25) is 0 Å². The number of ether oxygens (including phenoxy) is 1. The summed E-state index contributed by atoms with van der Waals surface area (Å²) in [7, 11) is 1.27. The Kier molecular flexibility index (Phi) is 4.68. The molecule has 1 aromatic carbocycles. The summed E-state index contributed by atoms with van der Waals surface area (Å²) in [5, 5.41) is 11.0. The monoisotopic (exact) mass is 295 g/mol. The van der Waals surface area contributed by atoms with Crippen LogP contribution < -0.4 is 4.90 Å². The van der Waals surface area contributed by atoms with E-state index in [9.17, 15) is 9.90 Å². The van der Waals surface area contributed by atoms with Crippen LogP contribution in [0.3, 0.4) is 0 Å². The van der Waals surface area contributed by atoms with Crippen molar-refractivity contribution in [2.45, 2.75) is 18.9 Å². The van der Waals surface area contributed by atoms with Gasteiger partial charge in [0, 0.05) is 29.4 Å². The number of nitrogens with zero attached hydrogens (tertiary/aromatic N) is 1. The largest absolute Gasteiger partial charge is 0.466 e. The van der Waals surface area contributed by atoms with Gasteiger partial charge in [0.1, 0.15) is 6.10 Å². The first-order chi connectivity index (χ1) is 9.54. The average molecular weight is 296 g/mol. The number of benzene rings is 1. The smallest absolute Gasteiger partial charge is 0.336 e. The molecule has 1 N–H and O–H groups in total. The van der Waals surface area contributed by atoms with E-state index in [4.69, 9.17) is 11.6 Å². The van der Waals surface area contributed by atoms with Gasteiger partial charge in [-0.05, 0) is 25.0 Å². The van der Waals surface area contributed by atoms with Gasteiger partial charge in [-0.3, -0.25) is 0 Å². The van der Waals surface area contributed by atoms with Crippen LogP contribution in [0.2, 0.25) is 5.02 Å². The number of halogens is 1. The number of hydrogen-bond acceptors (Lipinski definition) is 4. The molecule has 0 bridgehead atoms. The van der Waals surface area contributed by atoms with Gasteiger partial charge in [0.05, 0.1) is 12.7 Å². The normalized spacial score (nSPS) is 16.1. The van der Waals surface area contributed by atoms with E-state index in [2.05, 4.69) is 16.2 Å². The van der Waals surface area contributed by atoms with Gasteiger partial charge in [-0.1, -0.05) is 24.2 Å². The standard InChI is InChI=1S/C15H18ClNO3/c1-10(15(19)20-2)14(18)12-6-5-11(16)9-13(12)17-7-3-4-8-17/h5-6,9,14,18H,1,3-4,7-8H2,2H3. The fourth-order valence-corrected chi connectivity index (χ4v) is 2.58. The number of aliphatic hydroxyl groups excluding tert-OH is 1. The molecule has 4 nitrogen and oxygen atoms in total. The average Bonchev–Trinajstić information content (AvgIpc) is 2.98. The Bertz CT molecular complexity index is 524. The van der Waals surface area contributed by atoms with Gasteiger partial charge in [-0.25, -0.2) is 4.79 Å². The Morgan fingerprint density at radius 3 is 2.70 bits per heavy atom. The lowest BCUT2D eigenvalue weighted by Crippen LogP contribution is -2.21. The van der Waals surface area contributed by atoms with Crippen molar-refractivity contribution in [3.63, 3.8) is 0 Å². The third-order valence-corrected chi connectivity index (χ3v) is 3.75. The number of esters is 1. The molecule has 0 radical (unpaired) electrons. The fraction of sp³-hybridized carbons (Fsp3) is 0.400. The Morgan fingerprint density at radius 1 is 1.45 bits per heavy atom. The van der Waals surface area contributed by atoms with Crippen molar-refractivity contribution < 1.29 is 14.6 Å². The zero-order valence-electron chi connectivity index (χ0n) is 11.4. The molecule has 108 valence electrons. The molecule has 1 saturated heterocycles. The van der Waals surface area contributed by atoms with Crippen molar-refractivity contribution >= 4 is 23.3 Å². The summed E-state index contributed by atoms with van der Waals surface area (Å²) in [4.78, 5) is 13.7. The first kappa shape index (κ1) is 14.9. The van der Waals surface area contributed by atoms with E-state index in [1.807, 2.05) is 6.07 Å². The molecule has 1 fully saturated rings. The third-order valence-electron chi connectivity index (χ3n) is 3.51. The minimum absolute atomic E-state index is 0.0234. The molecule has 0 aromatic heterocycles. The number of aliphatic hydroxyl groups is 1. The highest BCUT2D eigenvalue weighted by Crippen LogP contribution is 2.34. The lowest BCUT2D eigenvalue weighted by Gasteiger charge is -2.24. The van der Waals surface area contributed by atoms with Crippen molar-refractivity contribution in [3.8, 4) is 0 Å². The highest BCUT2D eigenvalue weighted by molar-refractivity contribution is 6.30. The second-order valence-electron chi connectivity index (χ2n) is 4.82. The number of methoxy groups -OCH3 is 1. The van der Waals surface area contributed by atoms with Crippen LogP contribution in [0.4, 0.5) is 5.69 Å². The Hall–Kier alpha value is -1.52. The first-order valence-corrected chi connectivity index (χ1v) is 6.92. The van der Waals surface area contributed by atoms with Crippen molar-refractivity contribution in [1.82, 2.24) is 0 Å². The molecule has 0 saturated carbocycles. The van der Waals surface area contributed by atoms with Crippen molar-refractivity contribution in [2.75, 3.05) is 25.1 Å². The van der Waals surface area contributed by atoms with Crippen LogP contribution in [0.1, 0.15) is 24.5 Å². The SMILES string of the molecule is C=C(C(=O)OC)C(O)c1ccc(Cl)cc1N1CCCC1. The predicted octanol–water partition coefficient (Wildman–Crippen LogP) is 2.70. The summed E-state index contributed by atoms with van der Waals surface area (Å²) in [6, 6.07) is 5.25. The van der Waals surface area contributed by atoms with Crippen LogP contribution in [0.25, 0.3) is 0 Å². The minimum Gasteiger partial charge on any atom is -0.466 e. The van der Waals surface area contributed by atoms with Crippen molar-refractivity contribution in [3.05, 3.63) is 40.9 Å². The molecule has 0 spiro atoms. The minimum atomic E-state index is -1.09. The van der Waals surface area contributed by atoms with Crippen LogP contribution in [-0.4, -0.2) is 31.3 Å². The number of hydrogen-bond donors (Lipinski definition) is 1. The number of carbonyl (C=O) groups excluding carboxylic acids is 1. The highest BCUT2D eigenvalue weighted by Gasteiger charge is 2.25. The summed E-state index contributed by atoms with van der Waals surface area (Å²) in [5.74, 6) is -0.611. The van der Waals surface area contributed by atoms with Crippen LogP contribution in [0.15, 0.2) is 30.4 Å². The number of anilines is 1. The first-order valence-electron chi connectivity index (χ1n) is 6.54.